The molecule has 1 saturated heterocycles. The van der Waals surface area contributed by atoms with Gasteiger partial charge in [0.1, 0.15) is 0 Å². The van der Waals surface area contributed by atoms with Crippen LogP contribution in [0.1, 0.15) is 71.1 Å². The van der Waals surface area contributed by atoms with Crippen LogP contribution >= 0.6 is 0 Å². The number of rotatable bonds is 6. The van der Waals surface area contributed by atoms with E-state index in [0.29, 0.717) is 37.8 Å². The van der Waals surface area contributed by atoms with Gasteiger partial charge in [-0.2, -0.15) is 13.2 Å². The van der Waals surface area contributed by atoms with E-state index in [4.69, 9.17) is 4.74 Å². The van der Waals surface area contributed by atoms with Gasteiger partial charge in [-0.25, -0.2) is 10.4 Å². The molecule has 0 spiro atoms. The monoisotopic (exact) mass is 417 g/mol. The number of alkyl halides is 3. The van der Waals surface area contributed by atoms with Crippen LogP contribution in [-0.4, -0.2) is 54.0 Å². The molecular formula is C21H34F3N3O2. The molecule has 1 amide bonds. The minimum Gasteiger partial charge on any atom is -0.375 e. The number of carbonyl (C=O) groups excluding carboxylic acids is 1. The van der Waals surface area contributed by atoms with Crippen LogP contribution in [0.25, 0.3) is 0 Å². The lowest BCUT2D eigenvalue weighted by Gasteiger charge is -2.41. The topological polar surface area (TPSA) is 53.6 Å². The number of amides is 1. The Morgan fingerprint density at radius 1 is 1.07 bits per heavy atom. The predicted molar refractivity (Wildman–Crippen MR) is 103 cm³/mol. The molecule has 0 aromatic carbocycles. The number of hydrazine groups is 1. The first-order valence-electron chi connectivity index (χ1n) is 11.4. The van der Waals surface area contributed by atoms with E-state index in [1.165, 1.54) is 0 Å². The van der Waals surface area contributed by atoms with Crippen LogP contribution in [0.4, 0.5) is 13.2 Å². The van der Waals surface area contributed by atoms with Crippen molar-refractivity contribution in [2.75, 3.05) is 6.54 Å². The molecule has 0 bridgehead atoms. The van der Waals surface area contributed by atoms with Gasteiger partial charge in [0.25, 0.3) is 0 Å². The minimum atomic E-state index is -4.08. The number of fused-ring (bicyclic) bond motifs is 1. The number of ether oxygens (including phenoxy) is 1. The molecule has 4 rings (SSSR count). The molecule has 1 aliphatic heterocycles. The summed E-state index contributed by atoms with van der Waals surface area (Å²) in [5.74, 6) is -0.709. The molecule has 0 aromatic rings. The number of nitrogens with one attached hydrogen (secondary N) is 2. The van der Waals surface area contributed by atoms with Crippen LogP contribution < -0.4 is 10.7 Å². The maximum atomic E-state index is 13.1. The van der Waals surface area contributed by atoms with Gasteiger partial charge in [0.05, 0.1) is 18.1 Å². The summed E-state index contributed by atoms with van der Waals surface area (Å²) >= 11 is 0. The molecule has 4 atom stereocenters. The zero-order valence-corrected chi connectivity index (χ0v) is 17.2. The molecule has 3 aliphatic carbocycles. The maximum Gasteiger partial charge on any atom is 0.391 e. The van der Waals surface area contributed by atoms with Crippen LogP contribution in [0, 0.1) is 11.8 Å². The Bertz CT molecular complexity index is 576. The highest BCUT2D eigenvalue weighted by atomic mass is 19.4. The van der Waals surface area contributed by atoms with E-state index in [1.807, 2.05) is 6.92 Å². The van der Waals surface area contributed by atoms with Crippen LogP contribution in [0.15, 0.2) is 0 Å². The van der Waals surface area contributed by atoms with Crippen molar-refractivity contribution in [1.29, 1.82) is 0 Å². The van der Waals surface area contributed by atoms with E-state index >= 15 is 0 Å². The van der Waals surface area contributed by atoms with Crippen molar-refractivity contribution in [3.05, 3.63) is 0 Å². The summed E-state index contributed by atoms with van der Waals surface area (Å²) in [6.45, 7) is 2.42. The fraction of sp³-hybridized carbons (Fsp3) is 0.952. The Morgan fingerprint density at radius 3 is 2.38 bits per heavy atom. The maximum absolute atomic E-state index is 13.1. The van der Waals surface area contributed by atoms with Crippen LogP contribution in [-0.2, 0) is 9.53 Å². The second kappa shape index (κ2) is 8.71. The van der Waals surface area contributed by atoms with Gasteiger partial charge in [0.15, 0.2) is 0 Å². The number of hydrogen-bond acceptors (Lipinski definition) is 4. The van der Waals surface area contributed by atoms with Crippen molar-refractivity contribution >= 4 is 5.91 Å². The fourth-order valence-corrected chi connectivity index (χ4v) is 5.51. The quantitative estimate of drug-likeness (QED) is 0.694. The lowest BCUT2D eigenvalue weighted by molar-refractivity contribution is -0.185. The molecule has 0 aromatic heterocycles. The number of carbonyl (C=O) groups is 1. The van der Waals surface area contributed by atoms with Gasteiger partial charge >= 0.3 is 6.18 Å². The van der Waals surface area contributed by atoms with E-state index in [-0.39, 0.29) is 43.0 Å². The molecule has 8 heteroatoms. The van der Waals surface area contributed by atoms with Crippen molar-refractivity contribution in [2.45, 2.75) is 108 Å². The minimum absolute atomic E-state index is 0.0400. The standard InChI is InChI=1S/C21H34F3N3O2/c1-2-20(28)25-12-18-17-10-9-16(29-15-7-8-15)11-19(17)27(26-18)14-5-3-13(4-6-14)21(22,23)24/h13-19,26H,2-12H2,1H3,(H,25,28). The summed E-state index contributed by atoms with van der Waals surface area (Å²) in [4.78, 5) is 11.7. The molecule has 5 nitrogen and oxygen atoms in total. The average Bonchev–Trinajstić information content (AvgIpc) is 3.44. The molecule has 4 fully saturated rings. The first-order chi connectivity index (χ1) is 13.8. The van der Waals surface area contributed by atoms with Crippen molar-refractivity contribution in [3.63, 3.8) is 0 Å². The molecule has 1 heterocycles. The summed E-state index contributed by atoms with van der Waals surface area (Å²) in [6, 6.07) is 0.564. The van der Waals surface area contributed by atoms with Gasteiger partial charge in [0, 0.05) is 31.1 Å². The SMILES string of the molecule is CCC(=O)NCC1NN(C2CCC(C(F)(F)F)CC2)C2CC(OC3CC3)CCC12. The first kappa shape index (κ1) is 21.4. The normalized spacial score (nSPS) is 38.6. The summed E-state index contributed by atoms with van der Waals surface area (Å²) in [5.41, 5.74) is 3.61. The highest BCUT2D eigenvalue weighted by Gasteiger charge is 2.50. The molecule has 2 N–H and O–H groups in total. The van der Waals surface area contributed by atoms with Gasteiger partial charge in [0.2, 0.25) is 5.91 Å². The Hall–Kier alpha value is -0.860. The van der Waals surface area contributed by atoms with Crippen molar-refractivity contribution < 1.29 is 22.7 Å². The Balaban J connectivity index is 1.40. The van der Waals surface area contributed by atoms with Crippen molar-refractivity contribution in [3.8, 4) is 0 Å². The van der Waals surface area contributed by atoms with E-state index in [2.05, 4.69) is 15.8 Å². The Kier molecular flexibility index (Phi) is 6.42. The molecule has 0 radical (unpaired) electrons. The molecule has 166 valence electrons. The summed E-state index contributed by atoms with van der Waals surface area (Å²) in [6.07, 6.45) is 3.94. The van der Waals surface area contributed by atoms with Gasteiger partial charge in [-0.05, 0) is 63.7 Å². The van der Waals surface area contributed by atoms with E-state index < -0.39 is 12.1 Å². The van der Waals surface area contributed by atoms with E-state index in [9.17, 15) is 18.0 Å². The van der Waals surface area contributed by atoms with Crippen LogP contribution in [0.3, 0.4) is 0 Å². The zero-order chi connectivity index (χ0) is 20.6. The van der Waals surface area contributed by atoms with E-state index in [1.54, 1.807) is 0 Å². The van der Waals surface area contributed by atoms with Gasteiger partial charge in [-0.1, -0.05) is 6.92 Å². The largest absolute Gasteiger partial charge is 0.391 e. The number of halogens is 3. The van der Waals surface area contributed by atoms with Crippen molar-refractivity contribution in [2.24, 2.45) is 11.8 Å². The predicted octanol–water partition coefficient (Wildman–Crippen LogP) is 3.54. The Morgan fingerprint density at radius 2 is 1.76 bits per heavy atom. The summed E-state index contributed by atoms with van der Waals surface area (Å²) in [7, 11) is 0. The third-order valence-corrected chi connectivity index (χ3v) is 7.31. The highest BCUT2D eigenvalue weighted by Crippen LogP contribution is 2.43. The molecule has 4 aliphatic rings. The lowest BCUT2D eigenvalue weighted by Crippen LogP contribution is -2.51. The number of nitrogens with zero attached hydrogens (tertiary/aromatic N) is 1. The second-order valence-corrected chi connectivity index (χ2v) is 9.35. The lowest BCUT2D eigenvalue weighted by atomic mass is 9.78. The first-order valence-corrected chi connectivity index (χ1v) is 11.4. The van der Waals surface area contributed by atoms with Crippen LogP contribution in [0.2, 0.25) is 0 Å². The molecule has 29 heavy (non-hydrogen) atoms. The third-order valence-electron chi connectivity index (χ3n) is 7.31. The van der Waals surface area contributed by atoms with Gasteiger partial charge in [-0.3, -0.25) is 4.79 Å². The highest BCUT2D eigenvalue weighted by molar-refractivity contribution is 5.75. The van der Waals surface area contributed by atoms with Crippen LogP contribution in [0.5, 0.6) is 0 Å². The fourth-order valence-electron chi connectivity index (χ4n) is 5.51. The average molecular weight is 418 g/mol. The molecule has 4 unspecified atom stereocenters. The van der Waals surface area contributed by atoms with E-state index in [0.717, 1.165) is 32.1 Å². The Labute approximate surface area is 171 Å². The zero-order valence-electron chi connectivity index (χ0n) is 17.2. The molecule has 3 saturated carbocycles. The van der Waals surface area contributed by atoms with Gasteiger partial charge in [-0.15, -0.1) is 0 Å². The third kappa shape index (κ3) is 5.07. The van der Waals surface area contributed by atoms with Gasteiger partial charge < -0.3 is 10.1 Å². The summed E-state index contributed by atoms with van der Waals surface area (Å²) in [5, 5.41) is 5.27. The summed E-state index contributed by atoms with van der Waals surface area (Å²) < 4.78 is 45.4. The molecular weight excluding hydrogens is 383 g/mol. The van der Waals surface area contributed by atoms with Crippen molar-refractivity contribution in [1.82, 2.24) is 15.8 Å². The second-order valence-electron chi connectivity index (χ2n) is 9.35. The smallest absolute Gasteiger partial charge is 0.375 e. The number of hydrogen-bond donors (Lipinski definition) is 2.